The number of benzene rings is 2. The number of methoxy groups -OCH3 is 1. The molecule has 0 bridgehead atoms. The molecule has 1 amide bonds. The van der Waals surface area contributed by atoms with Crippen LogP contribution in [0.2, 0.25) is 0 Å². The molecule has 25 heavy (non-hydrogen) atoms. The highest BCUT2D eigenvalue weighted by molar-refractivity contribution is 5.98. The largest absolute Gasteiger partial charge is 0.497 e. The minimum Gasteiger partial charge on any atom is -0.497 e. The molecule has 0 atom stereocenters. The average Bonchev–Trinajstić information content (AvgIpc) is 2.64. The monoisotopic (exact) mass is 345 g/mol. The van der Waals surface area contributed by atoms with Crippen LogP contribution in [0.1, 0.15) is 20.7 Å². The van der Waals surface area contributed by atoms with E-state index in [0.29, 0.717) is 11.3 Å². The molecular formula is C18H16FNO5. The molecule has 0 aromatic heterocycles. The highest BCUT2D eigenvalue weighted by atomic mass is 19.1. The lowest BCUT2D eigenvalue weighted by molar-refractivity contribution is -0.141. The first-order valence-corrected chi connectivity index (χ1v) is 7.36. The summed E-state index contributed by atoms with van der Waals surface area (Å²) in [6, 6.07) is 11.4. The van der Waals surface area contributed by atoms with E-state index in [1.165, 1.54) is 25.3 Å². The Morgan fingerprint density at radius 2 is 1.76 bits per heavy atom. The van der Waals surface area contributed by atoms with E-state index in [9.17, 15) is 18.8 Å². The number of carbonyl (C=O) groups is 3. The lowest BCUT2D eigenvalue weighted by Gasteiger charge is -2.07. The van der Waals surface area contributed by atoms with E-state index in [1.807, 2.05) is 0 Å². The number of ketones is 1. The third-order valence-corrected chi connectivity index (χ3v) is 3.26. The van der Waals surface area contributed by atoms with Crippen molar-refractivity contribution >= 4 is 17.7 Å². The number of rotatable bonds is 7. The summed E-state index contributed by atoms with van der Waals surface area (Å²) in [5, 5.41) is 2.38. The first kappa shape index (κ1) is 18.1. The number of hydrogen-bond acceptors (Lipinski definition) is 5. The number of esters is 1. The summed E-state index contributed by atoms with van der Waals surface area (Å²) in [6.45, 7) is -0.915. The van der Waals surface area contributed by atoms with Crippen molar-refractivity contribution in [1.82, 2.24) is 5.32 Å². The van der Waals surface area contributed by atoms with Crippen molar-refractivity contribution in [3.05, 3.63) is 65.5 Å². The Hall–Kier alpha value is -3.22. The average molecular weight is 345 g/mol. The maximum absolute atomic E-state index is 13.0. The molecule has 0 unspecified atom stereocenters. The van der Waals surface area contributed by atoms with E-state index in [2.05, 4.69) is 5.32 Å². The standard InChI is InChI=1S/C18H16FNO5/c1-24-15-7-5-12(6-8-15)18(23)20-10-17(22)25-11-16(21)13-3-2-4-14(19)9-13/h2-9H,10-11H2,1H3,(H,20,23). The lowest BCUT2D eigenvalue weighted by Crippen LogP contribution is -2.31. The van der Waals surface area contributed by atoms with Gasteiger partial charge < -0.3 is 14.8 Å². The fourth-order valence-electron chi connectivity index (χ4n) is 1.94. The van der Waals surface area contributed by atoms with Gasteiger partial charge in [-0.05, 0) is 36.4 Å². The van der Waals surface area contributed by atoms with Crippen molar-refractivity contribution in [2.75, 3.05) is 20.3 Å². The number of ether oxygens (including phenoxy) is 2. The van der Waals surface area contributed by atoms with Gasteiger partial charge in [0.25, 0.3) is 5.91 Å². The molecule has 2 aromatic rings. The van der Waals surface area contributed by atoms with Crippen LogP contribution in [0.15, 0.2) is 48.5 Å². The summed E-state index contributed by atoms with van der Waals surface area (Å²) in [6.07, 6.45) is 0. The van der Waals surface area contributed by atoms with Crippen LogP contribution in [0, 0.1) is 5.82 Å². The van der Waals surface area contributed by atoms with Crippen LogP contribution in [0.4, 0.5) is 4.39 Å². The maximum atomic E-state index is 13.0. The van der Waals surface area contributed by atoms with Crippen LogP contribution in [0.3, 0.4) is 0 Å². The van der Waals surface area contributed by atoms with E-state index >= 15 is 0 Å². The second kappa shape index (κ2) is 8.58. The number of halogens is 1. The molecule has 0 heterocycles. The third kappa shape index (κ3) is 5.42. The second-order valence-electron chi connectivity index (χ2n) is 5.01. The lowest BCUT2D eigenvalue weighted by atomic mass is 10.1. The Balaban J connectivity index is 1.78. The van der Waals surface area contributed by atoms with Gasteiger partial charge in [-0.2, -0.15) is 0 Å². The quantitative estimate of drug-likeness (QED) is 0.613. The zero-order valence-corrected chi connectivity index (χ0v) is 13.5. The summed E-state index contributed by atoms with van der Waals surface area (Å²) < 4.78 is 22.8. The smallest absolute Gasteiger partial charge is 0.325 e. The van der Waals surface area contributed by atoms with Gasteiger partial charge in [-0.3, -0.25) is 14.4 Å². The molecule has 6 nitrogen and oxygen atoms in total. The Kier molecular flexibility index (Phi) is 6.22. The number of hydrogen-bond donors (Lipinski definition) is 1. The summed E-state index contributed by atoms with van der Waals surface area (Å²) in [5.41, 5.74) is 0.458. The molecule has 1 N–H and O–H groups in total. The zero-order valence-electron chi connectivity index (χ0n) is 13.5. The van der Waals surface area contributed by atoms with Crippen molar-refractivity contribution in [2.24, 2.45) is 0 Å². The van der Waals surface area contributed by atoms with Crippen LogP contribution in [-0.2, 0) is 9.53 Å². The third-order valence-electron chi connectivity index (χ3n) is 3.26. The second-order valence-corrected chi connectivity index (χ2v) is 5.01. The highest BCUT2D eigenvalue weighted by Crippen LogP contribution is 2.11. The van der Waals surface area contributed by atoms with E-state index < -0.39 is 30.1 Å². The van der Waals surface area contributed by atoms with Gasteiger partial charge in [0.2, 0.25) is 0 Å². The van der Waals surface area contributed by atoms with E-state index in [1.54, 1.807) is 24.3 Å². The molecule has 2 rings (SSSR count). The van der Waals surface area contributed by atoms with Crippen LogP contribution < -0.4 is 10.1 Å². The summed E-state index contributed by atoms with van der Waals surface area (Å²) in [5.74, 6) is -1.72. The Bertz CT molecular complexity index is 773. The van der Waals surface area contributed by atoms with Gasteiger partial charge in [-0.15, -0.1) is 0 Å². The molecule has 0 radical (unpaired) electrons. The predicted molar refractivity (Wildman–Crippen MR) is 87.0 cm³/mol. The zero-order chi connectivity index (χ0) is 18.2. The van der Waals surface area contributed by atoms with Crippen molar-refractivity contribution in [3.63, 3.8) is 0 Å². The summed E-state index contributed by atoms with van der Waals surface area (Å²) in [4.78, 5) is 35.3. The molecule has 0 aliphatic carbocycles. The number of Topliss-reactive ketones (excluding diaryl/α,β-unsaturated/α-hetero) is 1. The Labute approximate surface area is 143 Å². The summed E-state index contributed by atoms with van der Waals surface area (Å²) >= 11 is 0. The van der Waals surface area contributed by atoms with Crippen LogP contribution in [0.5, 0.6) is 5.75 Å². The molecule has 0 fully saturated rings. The topological polar surface area (TPSA) is 81.7 Å². The van der Waals surface area contributed by atoms with Crippen LogP contribution in [-0.4, -0.2) is 37.9 Å². The van der Waals surface area contributed by atoms with Crippen molar-refractivity contribution in [3.8, 4) is 5.75 Å². The van der Waals surface area contributed by atoms with Gasteiger partial charge >= 0.3 is 5.97 Å². The van der Waals surface area contributed by atoms with Crippen molar-refractivity contribution < 1.29 is 28.2 Å². The normalized spacial score (nSPS) is 10.0. The Morgan fingerprint density at radius 3 is 2.40 bits per heavy atom. The first-order valence-electron chi connectivity index (χ1n) is 7.36. The number of carbonyl (C=O) groups excluding carboxylic acids is 3. The van der Waals surface area contributed by atoms with Gasteiger partial charge in [0, 0.05) is 11.1 Å². The van der Waals surface area contributed by atoms with Gasteiger partial charge in [-0.1, -0.05) is 12.1 Å². The van der Waals surface area contributed by atoms with Crippen molar-refractivity contribution in [1.29, 1.82) is 0 Å². The molecule has 130 valence electrons. The molecule has 0 aliphatic heterocycles. The number of amides is 1. The fraction of sp³-hybridized carbons (Fsp3) is 0.167. The number of nitrogens with one attached hydrogen (secondary N) is 1. The van der Waals surface area contributed by atoms with Crippen LogP contribution in [0.25, 0.3) is 0 Å². The van der Waals surface area contributed by atoms with E-state index in [4.69, 9.17) is 9.47 Å². The molecule has 0 aliphatic rings. The van der Waals surface area contributed by atoms with Gasteiger partial charge in [0.15, 0.2) is 12.4 Å². The molecule has 0 spiro atoms. The van der Waals surface area contributed by atoms with Crippen LogP contribution >= 0.6 is 0 Å². The molecule has 0 saturated carbocycles. The van der Waals surface area contributed by atoms with Gasteiger partial charge in [-0.25, -0.2) is 4.39 Å². The molecule has 7 heteroatoms. The van der Waals surface area contributed by atoms with Gasteiger partial charge in [0.05, 0.1) is 7.11 Å². The molecular weight excluding hydrogens is 329 g/mol. The minimum atomic E-state index is -0.772. The van der Waals surface area contributed by atoms with Crippen molar-refractivity contribution in [2.45, 2.75) is 0 Å². The molecule has 0 saturated heterocycles. The highest BCUT2D eigenvalue weighted by Gasteiger charge is 2.12. The van der Waals surface area contributed by atoms with Gasteiger partial charge in [0.1, 0.15) is 18.1 Å². The minimum absolute atomic E-state index is 0.107. The fourth-order valence-corrected chi connectivity index (χ4v) is 1.94. The Morgan fingerprint density at radius 1 is 1.04 bits per heavy atom. The maximum Gasteiger partial charge on any atom is 0.325 e. The predicted octanol–water partition coefficient (Wildman–Crippen LogP) is 1.99. The molecule has 2 aromatic carbocycles. The summed E-state index contributed by atoms with van der Waals surface area (Å²) in [7, 11) is 1.51. The SMILES string of the molecule is COc1ccc(C(=O)NCC(=O)OCC(=O)c2cccc(F)c2)cc1. The van der Waals surface area contributed by atoms with E-state index in [-0.39, 0.29) is 12.1 Å². The first-order chi connectivity index (χ1) is 12.0. The van der Waals surface area contributed by atoms with E-state index in [0.717, 1.165) is 6.07 Å².